The summed E-state index contributed by atoms with van der Waals surface area (Å²) in [4.78, 5) is 11.9. The highest BCUT2D eigenvalue weighted by atomic mass is 16.5. The van der Waals surface area contributed by atoms with Crippen LogP contribution >= 0.6 is 0 Å². The average Bonchev–Trinajstić information content (AvgIpc) is 2.26. The maximum absolute atomic E-state index is 11.9. The lowest BCUT2D eigenvalue weighted by Gasteiger charge is -2.28. The first-order valence-electron chi connectivity index (χ1n) is 6.46. The molecular weight excluding hydrogens is 218 g/mol. The maximum atomic E-state index is 11.9. The molecular formula is C13H27NO3. The van der Waals surface area contributed by atoms with Gasteiger partial charge in [0, 0.05) is 6.61 Å². The molecule has 17 heavy (non-hydrogen) atoms. The zero-order chi connectivity index (χ0) is 13.3. The predicted molar refractivity (Wildman–Crippen MR) is 69.0 cm³/mol. The van der Waals surface area contributed by atoms with E-state index in [-0.39, 0.29) is 5.97 Å². The SMILES string of the molecule is CCCNC(C)(COCC(C)C)C(=O)OCC. The highest BCUT2D eigenvalue weighted by molar-refractivity contribution is 5.80. The van der Waals surface area contributed by atoms with Crippen LogP contribution in [0.15, 0.2) is 0 Å². The van der Waals surface area contributed by atoms with Gasteiger partial charge in [-0.25, -0.2) is 4.79 Å². The zero-order valence-electron chi connectivity index (χ0n) is 11.8. The minimum Gasteiger partial charge on any atom is -0.465 e. The van der Waals surface area contributed by atoms with E-state index in [0.29, 0.717) is 25.7 Å². The molecule has 0 aromatic heterocycles. The number of carbonyl (C=O) groups is 1. The lowest BCUT2D eigenvalue weighted by Crippen LogP contribution is -2.54. The number of nitrogens with one attached hydrogen (secondary N) is 1. The van der Waals surface area contributed by atoms with Gasteiger partial charge in [0.15, 0.2) is 0 Å². The van der Waals surface area contributed by atoms with Crippen molar-refractivity contribution < 1.29 is 14.3 Å². The molecule has 1 atom stereocenters. The fourth-order valence-corrected chi connectivity index (χ4v) is 1.37. The van der Waals surface area contributed by atoms with Gasteiger partial charge in [-0.3, -0.25) is 0 Å². The third-order valence-corrected chi connectivity index (χ3v) is 2.33. The van der Waals surface area contributed by atoms with Crippen molar-refractivity contribution in [2.45, 2.75) is 46.6 Å². The predicted octanol–water partition coefficient (Wildman–Crippen LogP) is 1.98. The van der Waals surface area contributed by atoms with E-state index in [1.807, 2.05) is 13.8 Å². The van der Waals surface area contributed by atoms with Crippen molar-refractivity contribution in [3.8, 4) is 0 Å². The molecule has 0 aromatic rings. The van der Waals surface area contributed by atoms with Gasteiger partial charge >= 0.3 is 5.97 Å². The van der Waals surface area contributed by atoms with Crippen LogP contribution in [0.4, 0.5) is 0 Å². The molecule has 0 spiro atoms. The standard InChI is InChI=1S/C13H27NO3/c1-6-8-14-13(5,12(15)17-7-2)10-16-9-11(3)4/h11,14H,6-10H2,1-5H3. The Kier molecular flexibility index (Phi) is 8.17. The van der Waals surface area contributed by atoms with Gasteiger partial charge in [0.05, 0.1) is 13.2 Å². The van der Waals surface area contributed by atoms with Gasteiger partial charge in [0.25, 0.3) is 0 Å². The Labute approximate surface area is 105 Å². The first kappa shape index (κ1) is 16.4. The molecule has 0 aromatic carbocycles. The quantitative estimate of drug-likeness (QED) is 0.631. The topological polar surface area (TPSA) is 47.6 Å². The second kappa shape index (κ2) is 8.48. The van der Waals surface area contributed by atoms with Gasteiger partial charge in [-0.05, 0) is 32.7 Å². The first-order valence-corrected chi connectivity index (χ1v) is 6.46. The van der Waals surface area contributed by atoms with Crippen molar-refractivity contribution in [1.82, 2.24) is 5.32 Å². The van der Waals surface area contributed by atoms with Crippen LogP contribution in [0.3, 0.4) is 0 Å². The summed E-state index contributed by atoms with van der Waals surface area (Å²) in [5.41, 5.74) is -0.735. The van der Waals surface area contributed by atoms with Crippen molar-refractivity contribution in [3.05, 3.63) is 0 Å². The Morgan fingerprint density at radius 3 is 2.47 bits per heavy atom. The molecule has 0 aliphatic carbocycles. The number of hydrogen-bond acceptors (Lipinski definition) is 4. The minimum atomic E-state index is -0.735. The summed E-state index contributed by atoms with van der Waals surface area (Å²) in [7, 11) is 0. The minimum absolute atomic E-state index is 0.239. The van der Waals surface area contributed by atoms with E-state index in [0.717, 1.165) is 13.0 Å². The second-order valence-electron chi connectivity index (χ2n) is 4.89. The molecule has 4 nitrogen and oxygen atoms in total. The zero-order valence-corrected chi connectivity index (χ0v) is 11.8. The van der Waals surface area contributed by atoms with Crippen molar-refractivity contribution in [1.29, 1.82) is 0 Å². The van der Waals surface area contributed by atoms with Crippen molar-refractivity contribution in [3.63, 3.8) is 0 Å². The van der Waals surface area contributed by atoms with Gasteiger partial charge in [-0.2, -0.15) is 0 Å². The van der Waals surface area contributed by atoms with Crippen LogP contribution in [0.5, 0.6) is 0 Å². The number of hydrogen-bond donors (Lipinski definition) is 1. The molecule has 0 amide bonds. The van der Waals surface area contributed by atoms with Gasteiger partial charge in [0.2, 0.25) is 0 Å². The van der Waals surface area contributed by atoms with Crippen LogP contribution in [0.25, 0.3) is 0 Å². The smallest absolute Gasteiger partial charge is 0.328 e. The summed E-state index contributed by atoms with van der Waals surface area (Å²) in [6.45, 7) is 12.1. The highest BCUT2D eigenvalue weighted by Gasteiger charge is 2.34. The highest BCUT2D eigenvalue weighted by Crippen LogP contribution is 2.09. The molecule has 0 aliphatic rings. The Balaban J connectivity index is 4.32. The molecule has 0 radical (unpaired) electrons. The second-order valence-corrected chi connectivity index (χ2v) is 4.89. The molecule has 0 rings (SSSR count). The molecule has 4 heteroatoms. The summed E-state index contributed by atoms with van der Waals surface area (Å²) in [5, 5.41) is 3.20. The largest absolute Gasteiger partial charge is 0.465 e. The van der Waals surface area contributed by atoms with Crippen LogP contribution in [-0.2, 0) is 14.3 Å². The van der Waals surface area contributed by atoms with E-state index in [2.05, 4.69) is 26.1 Å². The summed E-state index contributed by atoms with van der Waals surface area (Å²) in [6.07, 6.45) is 0.971. The van der Waals surface area contributed by atoms with Gasteiger partial charge in [0.1, 0.15) is 5.54 Å². The number of rotatable bonds is 9. The lowest BCUT2D eigenvalue weighted by molar-refractivity contribution is -0.153. The molecule has 1 N–H and O–H groups in total. The molecule has 0 fully saturated rings. The van der Waals surface area contributed by atoms with Crippen molar-refractivity contribution in [2.75, 3.05) is 26.4 Å². The van der Waals surface area contributed by atoms with E-state index in [1.54, 1.807) is 0 Å². The van der Waals surface area contributed by atoms with E-state index in [9.17, 15) is 4.79 Å². The van der Waals surface area contributed by atoms with Crippen molar-refractivity contribution >= 4 is 5.97 Å². The number of carbonyl (C=O) groups excluding carboxylic acids is 1. The Bertz CT molecular complexity index is 219. The first-order chi connectivity index (χ1) is 7.96. The number of ether oxygens (including phenoxy) is 2. The molecule has 0 aliphatic heterocycles. The summed E-state index contributed by atoms with van der Waals surface area (Å²) >= 11 is 0. The van der Waals surface area contributed by atoms with Gasteiger partial charge in [-0.1, -0.05) is 20.8 Å². The monoisotopic (exact) mass is 245 g/mol. The third kappa shape index (κ3) is 6.64. The molecule has 0 saturated heterocycles. The van der Waals surface area contributed by atoms with E-state index >= 15 is 0 Å². The maximum Gasteiger partial charge on any atom is 0.328 e. The van der Waals surface area contributed by atoms with E-state index < -0.39 is 5.54 Å². The van der Waals surface area contributed by atoms with Gasteiger partial charge < -0.3 is 14.8 Å². The molecule has 1 unspecified atom stereocenters. The number of esters is 1. The third-order valence-electron chi connectivity index (χ3n) is 2.33. The average molecular weight is 245 g/mol. The molecule has 102 valence electrons. The Morgan fingerprint density at radius 1 is 1.35 bits per heavy atom. The summed E-state index contributed by atoms with van der Waals surface area (Å²) in [6, 6.07) is 0. The fourth-order valence-electron chi connectivity index (χ4n) is 1.37. The summed E-state index contributed by atoms with van der Waals surface area (Å²) < 4.78 is 10.6. The van der Waals surface area contributed by atoms with Crippen LogP contribution in [0.2, 0.25) is 0 Å². The van der Waals surface area contributed by atoms with Crippen LogP contribution in [-0.4, -0.2) is 37.9 Å². The van der Waals surface area contributed by atoms with E-state index in [4.69, 9.17) is 9.47 Å². The van der Waals surface area contributed by atoms with Crippen LogP contribution in [0, 0.1) is 5.92 Å². The van der Waals surface area contributed by atoms with E-state index in [1.165, 1.54) is 0 Å². The Morgan fingerprint density at radius 2 is 2.00 bits per heavy atom. The lowest BCUT2D eigenvalue weighted by atomic mass is 10.0. The van der Waals surface area contributed by atoms with Crippen LogP contribution < -0.4 is 5.32 Å². The molecule has 0 saturated carbocycles. The fraction of sp³-hybridized carbons (Fsp3) is 0.923. The van der Waals surface area contributed by atoms with Crippen molar-refractivity contribution in [2.24, 2.45) is 5.92 Å². The van der Waals surface area contributed by atoms with Gasteiger partial charge in [-0.15, -0.1) is 0 Å². The summed E-state index contributed by atoms with van der Waals surface area (Å²) in [5.74, 6) is 0.227. The normalized spacial score (nSPS) is 14.7. The Hall–Kier alpha value is -0.610. The molecule has 0 bridgehead atoms. The molecule has 0 heterocycles. The van der Waals surface area contributed by atoms with Crippen LogP contribution in [0.1, 0.15) is 41.0 Å².